The minimum atomic E-state index is -0.859. The number of anilines is 1. The molecule has 1 aromatic heterocycles. The lowest BCUT2D eigenvalue weighted by molar-refractivity contribution is -0.136. The largest absolute Gasteiger partial charge is 0.299 e. The lowest BCUT2D eigenvalue weighted by Gasteiger charge is -2.15. The Morgan fingerprint density at radius 3 is 2.89 bits per heavy atom. The van der Waals surface area contributed by atoms with E-state index < -0.39 is 11.8 Å². The van der Waals surface area contributed by atoms with Gasteiger partial charge in [-0.1, -0.05) is 25.2 Å². The molecule has 1 aromatic rings. The van der Waals surface area contributed by atoms with Crippen molar-refractivity contribution in [2.45, 2.75) is 20.8 Å². The summed E-state index contributed by atoms with van der Waals surface area (Å²) in [4.78, 5) is 24.2. The lowest BCUT2D eigenvalue weighted by Crippen LogP contribution is -2.37. The fourth-order valence-electron chi connectivity index (χ4n) is 1.81. The highest BCUT2D eigenvalue weighted by Crippen LogP contribution is 2.19. The molecule has 0 aromatic carbocycles. The highest BCUT2D eigenvalue weighted by Gasteiger charge is 2.39. The van der Waals surface area contributed by atoms with Crippen molar-refractivity contribution in [2.24, 2.45) is 16.9 Å². The van der Waals surface area contributed by atoms with Gasteiger partial charge in [-0.2, -0.15) is 5.10 Å². The average Bonchev–Trinajstić information content (AvgIpc) is 2.88. The summed E-state index contributed by atoms with van der Waals surface area (Å²) in [5, 5.41) is 15.8. The van der Waals surface area contributed by atoms with E-state index in [0.717, 1.165) is 0 Å². The standard InChI is InChI=1S/C11H15N5O2S/c1-6(2)4-16-10(18)8(7(3)15-16)9(17)13-11-14-12-5-19-11/h5-6,8H,4H2,1-3H3,(H,13,14,17). The second-order valence-corrected chi connectivity index (χ2v) is 5.55. The maximum atomic E-state index is 12.1. The van der Waals surface area contributed by atoms with Crippen LogP contribution in [0.4, 0.5) is 5.13 Å². The molecule has 8 heteroatoms. The predicted molar refractivity (Wildman–Crippen MR) is 71.7 cm³/mol. The Balaban J connectivity index is 2.07. The van der Waals surface area contributed by atoms with E-state index in [1.54, 1.807) is 6.92 Å². The zero-order valence-corrected chi connectivity index (χ0v) is 11.8. The number of rotatable bonds is 4. The van der Waals surface area contributed by atoms with Crippen LogP contribution in [0.5, 0.6) is 0 Å². The van der Waals surface area contributed by atoms with Gasteiger partial charge in [-0.25, -0.2) is 5.01 Å². The minimum absolute atomic E-state index is 0.284. The number of carbonyl (C=O) groups excluding carboxylic acids is 2. The zero-order chi connectivity index (χ0) is 14.0. The van der Waals surface area contributed by atoms with Crippen molar-refractivity contribution >= 4 is 34.0 Å². The molecular weight excluding hydrogens is 266 g/mol. The monoisotopic (exact) mass is 281 g/mol. The van der Waals surface area contributed by atoms with Crippen LogP contribution in [-0.4, -0.2) is 39.3 Å². The number of nitrogens with one attached hydrogen (secondary N) is 1. The molecule has 19 heavy (non-hydrogen) atoms. The summed E-state index contributed by atoms with van der Waals surface area (Å²) in [5.74, 6) is -1.25. The maximum absolute atomic E-state index is 12.1. The molecule has 0 spiro atoms. The first-order valence-electron chi connectivity index (χ1n) is 5.92. The molecule has 1 aliphatic heterocycles. The summed E-state index contributed by atoms with van der Waals surface area (Å²) < 4.78 is 0. The Labute approximate surface area is 114 Å². The van der Waals surface area contributed by atoms with Crippen LogP contribution in [0.25, 0.3) is 0 Å². The van der Waals surface area contributed by atoms with Gasteiger partial charge in [0, 0.05) is 6.54 Å². The molecule has 2 rings (SSSR count). The summed E-state index contributed by atoms with van der Waals surface area (Å²) in [6, 6.07) is 0. The van der Waals surface area contributed by atoms with Gasteiger partial charge in [0.1, 0.15) is 5.51 Å². The second kappa shape index (κ2) is 5.43. The Bertz CT molecular complexity index is 511. The third-order valence-corrected chi connectivity index (χ3v) is 3.19. The van der Waals surface area contributed by atoms with E-state index in [0.29, 0.717) is 23.3 Å². The van der Waals surface area contributed by atoms with Crippen LogP contribution in [0.1, 0.15) is 20.8 Å². The van der Waals surface area contributed by atoms with Gasteiger partial charge in [-0.05, 0) is 12.8 Å². The molecule has 1 atom stereocenters. The van der Waals surface area contributed by atoms with Gasteiger partial charge in [0.15, 0.2) is 5.92 Å². The molecule has 1 N–H and O–H groups in total. The quantitative estimate of drug-likeness (QED) is 0.833. The number of carbonyl (C=O) groups is 2. The first-order chi connectivity index (χ1) is 8.99. The van der Waals surface area contributed by atoms with Crippen LogP contribution in [0.3, 0.4) is 0 Å². The molecule has 1 unspecified atom stereocenters. The highest BCUT2D eigenvalue weighted by molar-refractivity contribution is 7.13. The van der Waals surface area contributed by atoms with Gasteiger partial charge in [0.2, 0.25) is 11.0 Å². The molecule has 2 heterocycles. The average molecular weight is 281 g/mol. The third-order valence-electron chi connectivity index (χ3n) is 2.59. The lowest BCUT2D eigenvalue weighted by atomic mass is 10.0. The summed E-state index contributed by atoms with van der Waals surface area (Å²) >= 11 is 1.21. The fourth-order valence-corrected chi connectivity index (χ4v) is 2.26. The molecule has 0 saturated carbocycles. The summed E-state index contributed by atoms with van der Waals surface area (Å²) in [6.45, 7) is 6.18. The Hall–Kier alpha value is -1.83. The highest BCUT2D eigenvalue weighted by atomic mass is 32.1. The number of hydrazone groups is 1. The van der Waals surface area contributed by atoms with E-state index in [1.165, 1.54) is 21.9 Å². The summed E-state index contributed by atoms with van der Waals surface area (Å²) in [7, 11) is 0. The first-order valence-corrected chi connectivity index (χ1v) is 6.80. The van der Waals surface area contributed by atoms with Crippen LogP contribution in [0, 0.1) is 11.8 Å². The number of amides is 2. The van der Waals surface area contributed by atoms with Gasteiger partial charge in [-0.3, -0.25) is 14.9 Å². The van der Waals surface area contributed by atoms with Crippen molar-refractivity contribution in [1.29, 1.82) is 0 Å². The zero-order valence-electron chi connectivity index (χ0n) is 11.0. The molecular formula is C11H15N5O2S. The fraction of sp³-hybridized carbons (Fsp3) is 0.545. The molecule has 7 nitrogen and oxygen atoms in total. The van der Waals surface area contributed by atoms with Crippen molar-refractivity contribution < 1.29 is 9.59 Å². The predicted octanol–water partition coefficient (Wildman–Crippen LogP) is 0.967. The third kappa shape index (κ3) is 2.95. The Kier molecular flexibility index (Phi) is 3.89. The minimum Gasteiger partial charge on any atom is -0.299 e. The number of hydrogen-bond donors (Lipinski definition) is 1. The van der Waals surface area contributed by atoms with Crippen molar-refractivity contribution in [2.75, 3.05) is 11.9 Å². The van der Waals surface area contributed by atoms with E-state index in [2.05, 4.69) is 20.6 Å². The Morgan fingerprint density at radius 1 is 1.58 bits per heavy atom. The summed E-state index contributed by atoms with van der Waals surface area (Å²) in [6.07, 6.45) is 0. The maximum Gasteiger partial charge on any atom is 0.261 e. The van der Waals surface area contributed by atoms with Crippen molar-refractivity contribution in [3.63, 3.8) is 0 Å². The van der Waals surface area contributed by atoms with Crippen LogP contribution in [0.15, 0.2) is 10.6 Å². The van der Waals surface area contributed by atoms with E-state index in [-0.39, 0.29) is 5.91 Å². The van der Waals surface area contributed by atoms with Gasteiger partial charge in [0.25, 0.3) is 5.91 Å². The van der Waals surface area contributed by atoms with Gasteiger partial charge < -0.3 is 0 Å². The van der Waals surface area contributed by atoms with Crippen molar-refractivity contribution in [1.82, 2.24) is 15.2 Å². The Morgan fingerprint density at radius 2 is 2.32 bits per heavy atom. The van der Waals surface area contributed by atoms with Crippen LogP contribution < -0.4 is 5.32 Å². The van der Waals surface area contributed by atoms with Gasteiger partial charge >= 0.3 is 0 Å². The smallest absolute Gasteiger partial charge is 0.261 e. The van der Waals surface area contributed by atoms with E-state index >= 15 is 0 Å². The normalized spacial score (nSPS) is 18.9. The summed E-state index contributed by atoms with van der Waals surface area (Å²) in [5.41, 5.74) is 2.02. The SMILES string of the molecule is CC1=NN(CC(C)C)C(=O)C1C(=O)Nc1nncs1. The molecule has 102 valence electrons. The number of nitrogens with zero attached hydrogens (tertiary/aromatic N) is 4. The van der Waals surface area contributed by atoms with Crippen molar-refractivity contribution in [3.05, 3.63) is 5.51 Å². The molecule has 1 aliphatic rings. The van der Waals surface area contributed by atoms with Gasteiger partial charge in [-0.15, -0.1) is 10.2 Å². The molecule has 0 bridgehead atoms. The van der Waals surface area contributed by atoms with Crippen LogP contribution in [0.2, 0.25) is 0 Å². The molecule has 0 fully saturated rings. The number of aromatic nitrogens is 2. The van der Waals surface area contributed by atoms with E-state index in [1.807, 2.05) is 13.8 Å². The topological polar surface area (TPSA) is 87.5 Å². The molecule has 0 saturated heterocycles. The van der Waals surface area contributed by atoms with Crippen LogP contribution >= 0.6 is 11.3 Å². The van der Waals surface area contributed by atoms with E-state index in [9.17, 15) is 9.59 Å². The first kappa shape index (κ1) is 13.6. The number of hydrogen-bond acceptors (Lipinski definition) is 6. The van der Waals surface area contributed by atoms with Gasteiger partial charge in [0.05, 0.1) is 5.71 Å². The van der Waals surface area contributed by atoms with E-state index in [4.69, 9.17) is 0 Å². The van der Waals surface area contributed by atoms with Crippen LogP contribution in [-0.2, 0) is 9.59 Å². The molecule has 0 radical (unpaired) electrons. The molecule has 0 aliphatic carbocycles. The second-order valence-electron chi connectivity index (χ2n) is 4.72. The van der Waals surface area contributed by atoms with Crippen molar-refractivity contribution in [3.8, 4) is 0 Å². The molecule has 2 amide bonds.